The van der Waals surface area contributed by atoms with E-state index in [4.69, 9.17) is 4.42 Å². The number of rotatable bonds is 6. The third kappa shape index (κ3) is 5.13. The van der Waals surface area contributed by atoms with Crippen molar-refractivity contribution in [2.45, 2.75) is 0 Å². The molecule has 9 aromatic carbocycles. The van der Waals surface area contributed by atoms with Gasteiger partial charge < -0.3 is 13.9 Å². The van der Waals surface area contributed by atoms with Crippen molar-refractivity contribution in [1.82, 2.24) is 4.57 Å². The molecule has 0 unspecified atom stereocenters. The van der Waals surface area contributed by atoms with Gasteiger partial charge in [-0.2, -0.15) is 0 Å². The topological polar surface area (TPSA) is 21.3 Å². The van der Waals surface area contributed by atoms with Crippen LogP contribution >= 0.6 is 0 Å². The first-order valence-corrected chi connectivity index (χ1v) is 18.8. The molecule has 0 spiro atoms. The SMILES string of the molecule is c1ccc(-c2cccc(N(c3ccc(-c4cccc5cc6oc7ccccc7c6cc45)cc3)c3cccc4c3c3ccccc3n4-c3ccccc3)c2)cc1. The molecule has 0 radical (unpaired) electrons. The summed E-state index contributed by atoms with van der Waals surface area (Å²) in [4.78, 5) is 2.42. The van der Waals surface area contributed by atoms with Crippen LogP contribution in [0.4, 0.5) is 17.1 Å². The molecule has 0 fully saturated rings. The number of furan rings is 1. The van der Waals surface area contributed by atoms with Crippen molar-refractivity contribution in [1.29, 1.82) is 0 Å². The van der Waals surface area contributed by atoms with Crippen LogP contribution in [0.25, 0.3) is 82.5 Å². The minimum absolute atomic E-state index is 0.914. The number of hydrogen-bond donors (Lipinski definition) is 0. The summed E-state index contributed by atoms with van der Waals surface area (Å²) < 4.78 is 8.63. The lowest BCUT2D eigenvalue weighted by molar-refractivity contribution is 0.669. The highest BCUT2D eigenvalue weighted by molar-refractivity contribution is 6.17. The Hall–Kier alpha value is -7.36. The molecule has 0 bridgehead atoms. The van der Waals surface area contributed by atoms with Gasteiger partial charge in [0.05, 0.1) is 16.7 Å². The highest BCUT2D eigenvalue weighted by Crippen LogP contribution is 2.45. The van der Waals surface area contributed by atoms with Crippen molar-refractivity contribution in [3.63, 3.8) is 0 Å². The fourth-order valence-electron chi connectivity index (χ4n) is 8.46. The Morgan fingerprint density at radius 3 is 1.93 bits per heavy atom. The second-order valence-electron chi connectivity index (χ2n) is 14.1. The van der Waals surface area contributed by atoms with E-state index in [1.807, 2.05) is 12.1 Å². The van der Waals surface area contributed by atoms with Crippen LogP contribution < -0.4 is 4.90 Å². The van der Waals surface area contributed by atoms with E-state index in [0.29, 0.717) is 0 Å². The molecule has 0 saturated carbocycles. The maximum atomic E-state index is 6.25. The van der Waals surface area contributed by atoms with Gasteiger partial charge in [0.2, 0.25) is 0 Å². The number of benzene rings is 9. The summed E-state index contributed by atoms with van der Waals surface area (Å²) >= 11 is 0. The van der Waals surface area contributed by atoms with Crippen LogP contribution in [0.2, 0.25) is 0 Å². The number of para-hydroxylation sites is 3. The molecule has 0 aliphatic carbocycles. The maximum Gasteiger partial charge on any atom is 0.136 e. The lowest BCUT2D eigenvalue weighted by atomic mass is 9.96. The van der Waals surface area contributed by atoms with Gasteiger partial charge in [0.1, 0.15) is 11.2 Å². The first-order valence-electron chi connectivity index (χ1n) is 18.8. The highest BCUT2D eigenvalue weighted by atomic mass is 16.3. The monoisotopic (exact) mass is 702 g/mol. The Balaban J connectivity index is 1.11. The van der Waals surface area contributed by atoms with Crippen molar-refractivity contribution >= 4 is 71.6 Å². The van der Waals surface area contributed by atoms with Crippen LogP contribution in [0.1, 0.15) is 0 Å². The summed E-state index contributed by atoms with van der Waals surface area (Å²) in [5.74, 6) is 0. The van der Waals surface area contributed by atoms with Crippen molar-refractivity contribution < 1.29 is 4.42 Å². The van der Waals surface area contributed by atoms with Crippen molar-refractivity contribution in [2.75, 3.05) is 4.90 Å². The molecule has 0 saturated heterocycles. The van der Waals surface area contributed by atoms with Gasteiger partial charge in [0, 0.05) is 38.6 Å². The smallest absolute Gasteiger partial charge is 0.136 e. The normalized spacial score (nSPS) is 11.6. The molecule has 3 nitrogen and oxygen atoms in total. The zero-order valence-electron chi connectivity index (χ0n) is 29.9. The second-order valence-corrected chi connectivity index (χ2v) is 14.1. The summed E-state index contributed by atoms with van der Waals surface area (Å²) in [6.45, 7) is 0. The quantitative estimate of drug-likeness (QED) is 0.172. The minimum Gasteiger partial charge on any atom is -0.456 e. The maximum absolute atomic E-state index is 6.25. The van der Waals surface area contributed by atoms with E-state index in [1.54, 1.807) is 0 Å². The van der Waals surface area contributed by atoms with Crippen LogP contribution in [-0.2, 0) is 0 Å². The fourth-order valence-corrected chi connectivity index (χ4v) is 8.46. The van der Waals surface area contributed by atoms with Crippen LogP contribution in [0.15, 0.2) is 211 Å². The lowest BCUT2D eigenvalue weighted by Gasteiger charge is -2.27. The van der Waals surface area contributed by atoms with Gasteiger partial charge in [0.15, 0.2) is 0 Å². The second kappa shape index (κ2) is 12.6. The molecule has 11 aromatic rings. The van der Waals surface area contributed by atoms with Crippen LogP contribution in [0, 0.1) is 0 Å². The molecule has 258 valence electrons. The number of nitrogens with zero attached hydrogens (tertiary/aromatic N) is 2. The molecule has 11 rings (SSSR count). The Labute approximate surface area is 318 Å². The lowest BCUT2D eigenvalue weighted by Crippen LogP contribution is -2.10. The molecule has 3 heteroatoms. The van der Waals surface area contributed by atoms with E-state index < -0.39 is 0 Å². The average Bonchev–Trinajstić information content (AvgIpc) is 3.79. The van der Waals surface area contributed by atoms with Gasteiger partial charge in [0.25, 0.3) is 0 Å². The van der Waals surface area contributed by atoms with E-state index in [9.17, 15) is 0 Å². The third-order valence-electron chi connectivity index (χ3n) is 11.0. The van der Waals surface area contributed by atoms with E-state index in [1.165, 1.54) is 49.4 Å². The summed E-state index contributed by atoms with van der Waals surface area (Å²) in [5, 5.41) is 7.07. The Bertz CT molecular complexity index is 3190. The number of hydrogen-bond acceptors (Lipinski definition) is 2. The predicted molar refractivity (Wildman–Crippen MR) is 231 cm³/mol. The summed E-state index contributed by atoms with van der Waals surface area (Å²) in [7, 11) is 0. The zero-order valence-corrected chi connectivity index (χ0v) is 29.9. The molecule has 2 heterocycles. The minimum atomic E-state index is 0.914. The van der Waals surface area contributed by atoms with Crippen LogP contribution in [-0.4, -0.2) is 4.57 Å². The van der Waals surface area contributed by atoms with E-state index in [0.717, 1.165) is 50.1 Å². The Morgan fingerprint density at radius 2 is 1.07 bits per heavy atom. The Kier molecular flexibility index (Phi) is 7.17. The number of fused-ring (bicyclic) bond motifs is 7. The molecule has 0 aliphatic rings. The molecular formula is C52H34N2O. The number of anilines is 3. The first kappa shape index (κ1) is 31.2. The van der Waals surface area contributed by atoms with Gasteiger partial charge in [-0.3, -0.25) is 0 Å². The summed E-state index contributed by atoms with van der Waals surface area (Å²) in [6.07, 6.45) is 0. The summed E-state index contributed by atoms with van der Waals surface area (Å²) in [6, 6.07) is 74.0. The van der Waals surface area contributed by atoms with Gasteiger partial charge >= 0.3 is 0 Å². The van der Waals surface area contributed by atoms with Crippen molar-refractivity contribution in [2.24, 2.45) is 0 Å². The standard InChI is InChI=1S/C52H34N2O/c1-3-14-35(15-4-1)37-16-11-20-41(32-37)53(48-25-13-26-49-52(48)44-22-7-9-24-47(44)54(49)39-18-5-2-6-19-39)40-30-28-36(29-31-40)42-23-12-17-38-33-51-46(34-45(38)42)43-21-8-10-27-50(43)55-51/h1-34H. The molecule has 0 amide bonds. The first-order chi connectivity index (χ1) is 27.3. The van der Waals surface area contributed by atoms with Crippen molar-refractivity contribution in [3.8, 4) is 27.9 Å². The largest absolute Gasteiger partial charge is 0.456 e. The molecule has 55 heavy (non-hydrogen) atoms. The molecule has 0 aliphatic heterocycles. The van der Waals surface area contributed by atoms with Gasteiger partial charge in [-0.15, -0.1) is 0 Å². The average molecular weight is 703 g/mol. The van der Waals surface area contributed by atoms with Gasteiger partial charge in [-0.25, -0.2) is 0 Å². The molecule has 0 atom stereocenters. The highest BCUT2D eigenvalue weighted by Gasteiger charge is 2.21. The number of aromatic nitrogens is 1. The summed E-state index contributed by atoms with van der Waals surface area (Å²) in [5.41, 5.74) is 13.3. The Morgan fingerprint density at radius 1 is 0.382 bits per heavy atom. The van der Waals surface area contributed by atoms with E-state index in [2.05, 4.69) is 204 Å². The third-order valence-corrected chi connectivity index (χ3v) is 11.0. The van der Waals surface area contributed by atoms with Gasteiger partial charge in [-0.05, 0) is 106 Å². The zero-order chi connectivity index (χ0) is 36.3. The molecular weight excluding hydrogens is 669 g/mol. The predicted octanol–water partition coefficient (Wildman–Crippen LogP) is 14.6. The van der Waals surface area contributed by atoms with Crippen molar-refractivity contribution in [3.05, 3.63) is 206 Å². The molecule has 0 N–H and O–H groups in total. The van der Waals surface area contributed by atoms with Crippen LogP contribution in [0.3, 0.4) is 0 Å². The van der Waals surface area contributed by atoms with Gasteiger partial charge in [-0.1, -0.05) is 133 Å². The fraction of sp³-hybridized carbons (Fsp3) is 0. The van der Waals surface area contributed by atoms with E-state index >= 15 is 0 Å². The van der Waals surface area contributed by atoms with E-state index in [-0.39, 0.29) is 0 Å². The van der Waals surface area contributed by atoms with Crippen LogP contribution in [0.5, 0.6) is 0 Å². The molecule has 2 aromatic heterocycles.